The van der Waals surface area contributed by atoms with Crippen LogP contribution in [0.15, 0.2) is 36.4 Å². The van der Waals surface area contributed by atoms with Crippen LogP contribution in [0, 0.1) is 23.6 Å². The van der Waals surface area contributed by atoms with Crippen LogP contribution in [0.1, 0.15) is 6.42 Å². The summed E-state index contributed by atoms with van der Waals surface area (Å²) < 4.78 is 18.6. The normalized spacial score (nSPS) is 28.3. The van der Waals surface area contributed by atoms with Crippen LogP contribution in [0.3, 0.4) is 0 Å². The van der Waals surface area contributed by atoms with E-state index in [0.29, 0.717) is 12.5 Å². The zero-order valence-electron chi connectivity index (χ0n) is 12.1. The fourth-order valence-electron chi connectivity index (χ4n) is 3.24. The summed E-state index contributed by atoms with van der Waals surface area (Å²) in [6.07, 6.45) is 5.18. The van der Waals surface area contributed by atoms with Gasteiger partial charge in [-0.15, -0.1) is 12.4 Å². The zero-order valence-corrected chi connectivity index (χ0v) is 12.9. The summed E-state index contributed by atoms with van der Waals surface area (Å²) in [5.41, 5.74) is 6.09. The number of hydrogen-bond acceptors (Lipinski definition) is 3. The first-order valence-electron chi connectivity index (χ1n) is 7.26. The van der Waals surface area contributed by atoms with Crippen molar-refractivity contribution in [3.63, 3.8) is 0 Å². The van der Waals surface area contributed by atoms with Crippen LogP contribution >= 0.6 is 12.4 Å². The molecule has 3 rings (SSSR count). The topological polar surface area (TPSA) is 64.4 Å². The van der Waals surface area contributed by atoms with Gasteiger partial charge in [-0.3, -0.25) is 4.79 Å². The van der Waals surface area contributed by atoms with Crippen molar-refractivity contribution in [3.8, 4) is 5.75 Å². The molecule has 1 aromatic carbocycles. The number of benzene rings is 1. The number of nitrogens with one attached hydrogen (secondary N) is 1. The van der Waals surface area contributed by atoms with Crippen molar-refractivity contribution < 1.29 is 13.9 Å². The van der Waals surface area contributed by atoms with Crippen LogP contribution in [0.5, 0.6) is 5.75 Å². The molecule has 2 bridgehead atoms. The Morgan fingerprint density at radius 1 is 1.32 bits per heavy atom. The summed E-state index contributed by atoms with van der Waals surface area (Å²) in [6.45, 7) is 0.579. The molecule has 22 heavy (non-hydrogen) atoms. The van der Waals surface area contributed by atoms with E-state index in [1.807, 2.05) is 0 Å². The maximum Gasteiger partial charge on any atom is 0.225 e. The first-order chi connectivity index (χ1) is 10.2. The number of para-hydroxylation sites is 1. The van der Waals surface area contributed by atoms with Crippen molar-refractivity contribution in [1.29, 1.82) is 0 Å². The molecule has 120 valence electrons. The number of nitrogens with two attached hydrogens (primary N) is 1. The molecule has 4 nitrogen and oxygen atoms in total. The number of amides is 1. The molecule has 1 saturated carbocycles. The third-order valence-corrected chi connectivity index (χ3v) is 4.32. The first kappa shape index (κ1) is 16.8. The van der Waals surface area contributed by atoms with Crippen LogP contribution in [-0.2, 0) is 4.79 Å². The van der Waals surface area contributed by atoms with E-state index in [9.17, 15) is 9.18 Å². The molecule has 4 atom stereocenters. The molecule has 0 unspecified atom stereocenters. The largest absolute Gasteiger partial charge is 0.489 e. The van der Waals surface area contributed by atoms with Crippen LogP contribution in [0.25, 0.3) is 0 Å². The molecule has 0 radical (unpaired) electrons. The maximum atomic E-state index is 13.3. The lowest BCUT2D eigenvalue weighted by Gasteiger charge is -2.23. The van der Waals surface area contributed by atoms with Gasteiger partial charge in [0.2, 0.25) is 5.91 Å². The van der Waals surface area contributed by atoms with Gasteiger partial charge < -0.3 is 15.8 Å². The molecule has 0 saturated heterocycles. The average Bonchev–Trinajstić information content (AvgIpc) is 3.06. The van der Waals surface area contributed by atoms with Crippen molar-refractivity contribution >= 4 is 18.3 Å². The molecular formula is C16H20ClFN2O2. The van der Waals surface area contributed by atoms with E-state index < -0.39 is 5.82 Å². The highest BCUT2D eigenvalue weighted by molar-refractivity contribution is 5.85. The van der Waals surface area contributed by atoms with E-state index in [1.165, 1.54) is 6.07 Å². The molecule has 2 aliphatic rings. The Kier molecular flexibility index (Phi) is 5.42. The summed E-state index contributed by atoms with van der Waals surface area (Å²) in [7, 11) is 0. The van der Waals surface area contributed by atoms with Crippen LogP contribution in [0.4, 0.5) is 4.39 Å². The first-order valence-corrected chi connectivity index (χ1v) is 7.26. The highest BCUT2D eigenvalue weighted by Crippen LogP contribution is 2.42. The maximum absolute atomic E-state index is 13.3. The molecule has 3 N–H and O–H groups in total. The Morgan fingerprint density at radius 2 is 2.05 bits per heavy atom. The molecule has 2 aliphatic carbocycles. The van der Waals surface area contributed by atoms with Gasteiger partial charge in [0.1, 0.15) is 6.61 Å². The quantitative estimate of drug-likeness (QED) is 0.641. The standard InChI is InChI=1S/C16H19FN2O2.ClH/c17-12-3-1-2-4-13(12)21-8-7-19-16(20)14-10-5-6-11(9-10)15(14)18;/h1-6,10-11,14-15H,7-9,18H2,(H,19,20);1H/t10-,11+,14-,15+;/m1./s1. The van der Waals surface area contributed by atoms with Gasteiger partial charge >= 0.3 is 0 Å². The molecule has 1 amide bonds. The molecule has 1 aromatic rings. The lowest BCUT2D eigenvalue weighted by molar-refractivity contribution is -0.126. The molecule has 0 spiro atoms. The van der Waals surface area contributed by atoms with Crippen molar-refractivity contribution in [2.75, 3.05) is 13.2 Å². The number of allylic oxidation sites excluding steroid dienone is 1. The summed E-state index contributed by atoms with van der Waals surface area (Å²) in [5, 5.41) is 2.83. The number of halogens is 2. The van der Waals surface area contributed by atoms with Crippen LogP contribution in [0.2, 0.25) is 0 Å². The number of fused-ring (bicyclic) bond motifs is 2. The van der Waals surface area contributed by atoms with Crippen molar-refractivity contribution in [2.45, 2.75) is 12.5 Å². The van der Waals surface area contributed by atoms with Crippen molar-refractivity contribution in [3.05, 3.63) is 42.2 Å². The van der Waals surface area contributed by atoms with E-state index in [4.69, 9.17) is 10.5 Å². The molecule has 0 aliphatic heterocycles. The predicted molar refractivity (Wildman–Crippen MR) is 84.4 cm³/mol. The minimum atomic E-state index is -0.399. The lowest BCUT2D eigenvalue weighted by Crippen LogP contribution is -2.45. The second kappa shape index (κ2) is 7.11. The van der Waals surface area contributed by atoms with E-state index in [-0.39, 0.29) is 48.5 Å². The number of ether oxygens (including phenoxy) is 1. The minimum absolute atomic E-state index is 0. The molecular weight excluding hydrogens is 307 g/mol. The van der Waals surface area contributed by atoms with Gasteiger partial charge in [-0.1, -0.05) is 24.3 Å². The van der Waals surface area contributed by atoms with E-state index in [0.717, 1.165) is 6.42 Å². The number of carbonyl (C=O) groups excluding carboxylic acids is 1. The summed E-state index contributed by atoms with van der Waals surface area (Å²) >= 11 is 0. The number of carbonyl (C=O) groups is 1. The van der Waals surface area contributed by atoms with E-state index in [2.05, 4.69) is 17.5 Å². The second-order valence-corrected chi connectivity index (χ2v) is 5.62. The minimum Gasteiger partial charge on any atom is -0.489 e. The van der Waals surface area contributed by atoms with E-state index >= 15 is 0 Å². The Morgan fingerprint density at radius 3 is 2.73 bits per heavy atom. The van der Waals surface area contributed by atoms with Crippen molar-refractivity contribution in [2.24, 2.45) is 23.5 Å². The Hall–Kier alpha value is -1.59. The average molecular weight is 327 g/mol. The van der Waals surface area contributed by atoms with Crippen LogP contribution in [-0.4, -0.2) is 25.1 Å². The number of rotatable bonds is 5. The molecule has 1 fully saturated rings. The zero-order chi connectivity index (χ0) is 14.8. The summed E-state index contributed by atoms with van der Waals surface area (Å²) in [6, 6.07) is 6.13. The number of hydrogen-bond donors (Lipinski definition) is 2. The SMILES string of the molecule is Cl.N[C@@H]1[C@H](C(=O)NCCOc2ccccc2F)[C@@H]2C=C[C@H]1C2. The molecule has 6 heteroatoms. The molecule has 0 heterocycles. The van der Waals surface area contributed by atoms with E-state index in [1.54, 1.807) is 18.2 Å². The van der Waals surface area contributed by atoms with Gasteiger partial charge in [-0.25, -0.2) is 4.39 Å². The monoisotopic (exact) mass is 326 g/mol. The third-order valence-electron chi connectivity index (χ3n) is 4.32. The highest BCUT2D eigenvalue weighted by atomic mass is 35.5. The fraction of sp³-hybridized carbons (Fsp3) is 0.438. The van der Waals surface area contributed by atoms with Crippen LogP contribution < -0.4 is 15.8 Å². The lowest BCUT2D eigenvalue weighted by atomic mass is 9.89. The summed E-state index contributed by atoms with van der Waals surface area (Å²) in [5.74, 6) is 0.221. The summed E-state index contributed by atoms with van der Waals surface area (Å²) in [4.78, 5) is 12.2. The smallest absolute Gasteiger partial charge is 0.225 e. The highest BCUT2D eigenvalue weighted by Gasteiger charge is 2.46. The van der Waals surface area contributed by atoms with Gasteiger partial charge in [-0.05, 0) is 30.4 Å². The van der Waals surface area contributed by atoms with Gasteiger partial charge in [0.25, 0.3) is 0 Å². The predicted octanol–water partition coefficient (Wildman–Crippen LogP) is 1.89. The van der Waals surface area contributed by atoms with Gasteiger partial charge in [-0.2, -0.15) is 0 Å². The van der Waals surface area contributed by atoms with Gasteiger partial charge in [0.05, 0.1) is 12.5 Å². The fourth-order valence-corrected chi connectivity index (χ4v) is 3.24. The van der Waals surface area contributed by atoms with Gasteiger partial charge in [0, 0.05) is 6.04 Å². The Labute approximate surface area is 135 Å². The Bertz CT molecular complexity index is 567. The van der Waals surface area contributed by atoms with Crippen molar-refractivity contribution in [1.82, 2.24) is 5.32 Å². The third kappa shape index (κ3) is 3.25. The Balaban J connectivity index is 0.00000176. The van der Waals surface area contributed by atoms with Gasteiger partial charge in [0.15, 0.2) is 11.6 Å². The molecule has 0 aromatic heterocycles. The second-order valence-electron chi connectivity index (χ2n) is 5.62.